The van der Waals surface area contributed by atoms with Crippen molar-refractivity contribution < 1.29 is 22.1 Å². The molecule has 1 unspecified atom stereocenters. The largest absolute Gasteiger partial charge is 0.573 e. The van der Waals surface area contributed by atoms with Gasteiger partial charge in [-0.3, -0.25) is 4.21 Å². The van der Waals surface area contributed by atoms with Gasteiger partial charge in [0.25, 0.3) is 0 Å². The predicted octanol–water partition coefficient (Wildman–Crippen LogP) is 4.52. The Morgan fingerprint density at radius 3 is 2.26 bits per heavy atom. The van der Waals surface area contributed by atoms with Crippen LogP contribution in [0, 0.1) is 0 Å². The number of nitrogens with one attached hydrogen (secondary N) is 1. The third-order valence-electron chi connectivity index (χ3n) is 3.51. The van der Waals surface area contributed by atoms with E-state index in [1.54, 1.807) is 24.5 Å². The molecule has 5 nitrogen and oxygen atoms in total. The normalized spacial score (nSPS) is 12.4. The molecule has 1 atom stereocenters. The molecule has 0 aliphatic heterocycles. The predicted molar refractivity (Wildman–Crippen MR) is 96.2 cm³/mol. The van der Waals surface area contributed by atoms with E-state index >= 15 is 0 Å². The minimum atomic E-state index is -4.73. The van der Waals surface area contributed by atoms with E-state index < -0.39 is 17.2 Å². The number of nitrogens with zero attached hydrogens (tertiary/aromatic N) is 2. The zero-order valence-corrected chi connectivity index (χ0v) is 14.8. The fraction of sp³-hybridized carbons (Fsp3) is 0.111. The van der Waals surface area contributed by atoms with Crippen LogP contribution in [0.4, 0.5) is 24.7 Å². The Hall–Kier alpha value is -2.94. The lowest BCUT2D eigenvalue weighted by Gasteiger charge is -2.10. The average Bonchev–Trinajstić information content (AvgIpc) is 2.62. The van der Waals surface area contributed by atoms with Gasteiger partial charge in [-0.1, -0.05) is 12.1 Å². The highest BCUT2D eigenvalue weighted by atomic mass is 32.2. The number of alkyl halides is 3. The van der Waals surface area contributed by atoms with E-state index in [0.717, 1.165) is 5.56 Å². The number of ether oxygens (including phenoxy) is 1. The van der Waals surface area contributed by atoms with E-state index in [1.807, 2.05) is 12.1 Å². The molecule has 1 heterocycles. The molecule has 0 saturated heterocycles. The highest BCUT2D eigenvalue weighted by Gasteiger charge is 2.30. The van der Waals surface area contributed by atoms with E-state index in [2.05, 4.69) is 20.0 Å². The van der Waals surface area contributed by atoms with Gasteiger partial charge in [-0.05, 0) is 36.4 Å². The summed E-state index contributed by atoms with van der Waals surface area (Å²) in [4.78, 5) is 9.03. The quantitative estimate of drug-likeness (QED) is 0.690. The molecule has 0 amide bonds. The summed E-state index contributed by atoms with van der Waals surface area (Å²) >= 11 is 0. The summed E-state index contributed by atoms with van der Waals surface area (Å²) in [6.07, 6.45) is -1.74. The molecule has 1 N–H and O–H groups in total. The van der Waals surface area contributed by atoms with Crippen molar-refractivity contribution in [1.29, 1.82) is 0 Å². The fourth-order valence-electron chi connectivity index (χ4n) is 2.29. The molecule has 0 radical (unpaired) electrons. The standard InChI is InChI=1S/C18H14F3N3O2S/c1-27(25)15-8-2-12(3-9-15)16-10-17(23-11-22-16)24-13-4-6-14(7-5-13)26-18(19,20)21/h2-11H,1H3,(H,22,23,24). The first kappa shape index (κ1) is 18.8. The number of aromatic nitrogens is 2. The third kappa shape index (κ3) is 5.27. The van der Waals surface area contributed by atoms with Crippen LogP contribution in [0.2, 0.25) is 0 Å². The Labute approximate surface area is 155 Å². The van der Waals surface area contributed by atoms with Crippen molar-refractivity contribution in [3.8, 4) is 17.0 Å². The second kappa shape index (κ2) is 7.75. The molecule has 0 spiro atoms. The first-order chi connectivity index (χ1) is 12.8. The van der Waals surface area contributed by atoms with Crippen LogP contribution in [0.25, 0.3) is 11.3 Å². The van der Waals surface area contributed by atoms with Crippen molar-refractivity contribution in [2.45, 2.75) is 11.3 Å². The summed E-state index contributed by atoms with van der Waals surface area (Å²) in [7, 11) is -1.06. The van der Waals surface area contributed by atoms with E-state index in [-0.39, 0.29) is 5.75 Å². The number of hydrogen-bond donors (Lipinski definition) is 1. The summed E-state index contributed by atoms with van der Waals surface area (Å²) in [5.74, 6) is 0.178. The fourth-order valence-corrected chi connectivity index (χ4v) is 2.81. The third-order valence-corrected chi connectivity index (χ3v) is 4.45. The Balaban J connectivity index is 1.75. The summed E-state index contributed by atoms with van der Waals surface area (Å²) in [6, 6.07) is 14.2. The van der Waals surface area contributed by atoms with E-state index in [1.165, 1.54) is 30.6 Å². The molecule has 3 aromatic rings. The van der Waals surface area contributed by atoms with Crippen LogP contribution in [0.1, 0.15) is 0 Å². The van der Waals surface area contributed by atoms with Crippen molar-refractivity contribution in [3.05, 3.63) is 60.9 Å². The smallest absolute Gasteiger partial charge is 0.406 e. The zero-order valence-electron chi connectivity index (χ0n) is 14.0. The van der Waals surface area contributed by atoms with Gasteiger partial charge in [0, 0.05) is 39.3 Å². The molecule has 0 aliphatic rings. The summed E-state index contributed by atoms with van der Waals surface area (Å²) in [6.45, 7) is 0. The van der Waals surface area contributed by atoms with E-state index in [0.29, 0.717) is 22.1 Å². The number of anilines is 2. The van der Waals surface area contributed by atoms with Gasteiger partial charge in [0.05, 0.1) is 5.69 Å². The summed E-state index contributed by atoms with van der Waals surface area (Å²) in [5.41, 5.74) is 2.02. The summed E-state index contributed by atoms with van der Waals surface area (Å²) in [5, 5.41) is 3.00. The minimum absolute atomic E-state index is 0.301. The van der Waals surface area contributed by atoms with Crippen LogP contribution in [0.3, 0.4) is 0 Å². The molecule has 9 heteroatoms. The van der Waals surface area contributed by atoms with Crippen LogP contribution >= 0.6 is 0 Å². The average molecular weight is 393 g/mol. The molecule has 0 aliphatic carbocycles. The van der Waals surface area contributed by atoms with Crippen LogP contribution in [-0.4, -0.2) is 26.8 Å². The topological polar surface area (TPSA) is 64.1 Å². The Morgan fingerprint density at radius 2 is 1.67 bits per heavy atom. The van der Waals surface area contributed by atoms with Gasteiger partial charge < -0.3 is 10.1 Å². The second-order valence-electron chi connectivity index (χ2n) is 5.46. The van der Waals surface area contributed by atoms with Gasteiger partial charge in [-0.15, -0.1) is 13.2 Å². The maximum absolute atomic E-state index is 12.2. The maximum atomic E-state index is 12.2. The minimum Gasteiger partial charge on any atom is -0.406 e. The molecule has 0 bridgehead atoms. The lowest BCUT2D eigenvalue weighted by molar-refractivity contribution is -0.274. The van der Waals surface area contributed by atoms with Gasteiger partial charge in [0.15, 0.2) is 0 Å². The number of hydrogen-bond acceptors (Lipinski definition) is 5. The van der Waals surface area contributed by atoms with Crippen molar-refractivity contribution in [1.82, 2.24) is 9.97 Å². The number of benzene rings is 2. The molecule has 27 heavy (non-hydrogen) atoms. The van der Waals surface area contributed by atoms with Gasteiger partial charge >= 0.3 is 6.36 Å². The number of rotatable bonds is 5. The van der Waals surface area contributed by atoms with Gasteiger partial charge in [0.1, 0.15) is 17.9 Å². The zero-order chi connectivity index (χ0) is 19.4. The van der Waals surface area contributed by atoms with Crippen molar-refractivity contribution in [2.75, 3.05) is 11.6 Å². The van der Waals surface area contributed by atoms with Crippen LogP contribution in [0.5, 0.6) is 5.75 Å². The monoisotopic (exact) mass is 393 g/mol. The molecule has 140 valence electrons. The second-order valence-corrected chi connectivity index (χ2v) is 6.84. The number of halogens is 3. The Kier molecular flexibility index (Phi) is 5.41. The lowest BCUT2D eigenvalue weighted by Crippen LogP contribution is -2.16. The van der Waals surface area contributed by atoms with Crippen molar-refractivity contribution in [2.24, 2.45) is 0 Å². The Morgan fingerprint density at radius 1 is 1.00 bits per heavy atom. The first-order valence-corrected chi connectivity index (χ1v) is 9.25. The van der Waals surface area contributed by atoms with Gasteiger partial charge in [-0.2, -0.15) is 0 Å². The van der Waals surface area contributed by atoms with E-state index in [4.69, 9.17) is 0 Å². The lowest BCUT2D eigenvalue weighted by atomic mass is 10.1. The van der Waals surface area contributed by atoms with Gasteiger partial charge in [0.2, 0.25) is 0 Å². The molecule has 0 saturated carbocycles. The van der Waals surface area contributed by atoms with Crippen molar-refractivity contribution >= 4 is 22.3 Å². The van der Waals surface area contributed by atoms with Crippen LogP contribution < -0.4 is 10.1 Å². The van der Waals surface area contributed by atoms with Crippen LogP contribution in [-0.2, 0) is 10.8 Å². The molecule has 2 aromatic carbocycles. The SMILES string of the molecule is CS(=O)c1ccc(-c2cc(Nc3ccc(OC(F)(F)F)cc3)ncn2)cc1. The first-order valence-electron chi connectivity index (χ1n) is 7.69. The molecule has 0 fully saturated rings. The molecule has 3 rings (SSSR count). The van der Waals surface area contributed by atoms with E-state index in [9.17, 15) is 17.4 Å². The Bertz CT molecular complexity index is 945. The maximum Gasteiger partial charge on any atom is 0.573 e. The molecular formula is C18H14F3N3O2S. The van der Waals surface area contributed by atoms with Crippen molar-refractivity contribution in [3.63, 3.8) is 0 Å². The molecular weight excluding hydrogens is 379 g/mol. The van der Waals surface area contributed by atoms with Crippen LogP contribution in [0.15, 0.2) is 65.8 Å². The van der Waals surface area contributed by atoms with Gasteiger partial charge in [-0.25, -0.2) is 9.97 Å². The highest BCUT2D eigenvalue weighted by Crippen LogP contribution is 2.26. The molecule has 1 aromatic heterocycles. The summed E-state index contributed by atoms with van der Waals surface area (Å²) < 4.78 is 51.9. The highest BCUT2D eigenvalue weighted by molar-refractivity contribution is 7.84.